The van der Waals surface area contributed by atoms with E-state index in [1.165, 1.54) is 38.5 Å². The Labute approximate surface area is 136 Å². The number of rotatable bonds is 4. The fourth-order valence-electron chi connectivity index (χ4n) is 2.96. The van der Waals surface area contributed by atoms with Gasteiger partial charge in [-0.15, -0.1) is 11.6 Å². The standard InChI is InChI=1S/C16H21Cl3O/c1-20-16-10-14(18)12(9-15(16)19)13(17)8-11-6-4-2-3-5-7-11/h9-11,13H,2-8H2,1H3. The maximum absolute atomic E-state index is 6.58. The fraction of sp³-hybridized carbons (Fsp3) is 0.625. The molecule has 0 bridgehead atoms. The van der Waals surface area contributed by atoms with Gasteiger partial charge in [-0.05, 0) is 24.0 Å². The zero-order valence-corrected chi connectivity index (χ0v) is 14.1. The predicted octanol–water partition coefficient (Wildman–Crippen LogP) is 6.64. The van der Waals surface area contributed by atoms with Gasteiger partial charge in [0.15, 0.2) is 0 Å². The summed E-state index contributed by atoms with van der Waals surface area (Å²) in [4.78, 5) is 0. The highest BCUT2D eigenvalue weighted by molar-refractivity contribution is 6.35. The van der Waals surface area contributed by atoms with Gasteiger partial charge in [0.1, 0.15) is 5.75 Å². The fourth-order valence-corrected chi connectivity index (χ4v) is 3.98. The van der Waals surface area contributed by atoms with Crippen molar-refractivity contribution in [2.45, 2.75) is 50.3 Å². The van der Waals surface area contributed by atoms with Gasteiger partial charge in [-0.1, -0.05) is 61.7 Å². The molecule has 112 valence electrons. The van der Waals surface area contributed by atoms with Crippen molar-refractivity contribution in [2.24, 2.45) is 5.92 Å². The molecule has 1 unspecified atom stereocenters. The molecule has 2 rings (SSSR count). The van der Waals surface area contributed by atoms with Crippen LogP contribution in [0.15, 0.2) is 12.1 Å². The molecule has 0 N–H and O–H groups in total. The topological polar surface area (TPSA) is 9.23 Å². The molecule has 1 saturated carbocycles. The van der Waals surface area contributed by atoms with Crippen LogP contribution in [0, 0.1) is 5.92 Å². The molecule has 20 heavy (non-hydrogen) atoms. The molecule has 0 saturated heterocycles. The van der Waals surface area contributed by atoms with E-state index in [0.29, 0.717) is 21.7 Å². The SMILES string of the molecule is COc1cc(Cl)c(C(Cl)CC2CCCCCC2)cc1Cl. The highest BCUT2D eigenvalue weighted by atomic mass is 35.5. The van der Waals surface area contributed by atoms with Gasteiger partial charge in [-0.25, -0.2) is 0 Å². The summed E-state index contributed by atoms with van der Waals surface area (Å²) in [6.45, 7) is 0. The molecule has 1 aliphatic carbocycles. The van der Waals surface area contributed by atoms with Crippen LogP contribution in [0.3, 0.4) is 0 Å². The summed E-state index contributed by atoms with van der Waals surface area (Å²) in [5, 5.41) is 1.13. The molecular formula is C16H21Cl3O. The van der Waals surface area contributed by atoms with E-state index in [-0.39, 0.29) is 5.38 Å². The van der Waals surface area contributed by atoms with Crippen molar-refractivity contribution >= 4 is 34.8 Å². The molecule has 1 aromatic rings. The summed E-state index contributed by atoms with van der Waals surface area (Å²) >= 11 is 19.1. The zero-order valence-electron chi connectivity index (χ0n) is 11.8. The van der Waals surface area contributed by atoms with Crippen LogP contribution >= 0.6 is 34.8 Å². The minimum Gasteiger partial charge on any atom is -0.495 e. The Morgan fingerprint density at radius 3 is 2.35 bits per heavy atom. The van der Waals surface area contributed by atoms with Crippen molar-refractivity contribution < 1.29 is 4.74 Å². The summed E-state index contributed by atoms with van der Waals surface area (Å²) in [6.07, 6.45) is 8.91. The molecule has 0 aromatic heterocycles. The zero-order chi connectivity index (χ0) is 14.5. The Bertz CT molecular complexity index is 440. The molecule has 0 radical (unpaired) electrons. The van der Waals surface area contributed by atoms with Crippen molar-refractivity contribution in [3.05, 3.63) is 27.7 Å². The molecule has 0 amide bonds. The number of ether oxygens (including phenoxy) is 1. The molecule has 1 aromatic carbocycles. The number of hydrogen-bond donors (Lipinski definition) is 0. The quantitative estimate of drug-likeness (QED) is 0.442. The van der Waals surface area contributed by atoms with Crippen LogP contribution < -0.4 is 4.74 Å². The molecule has 1 atom stereocenters. The van der Waals surface area contributed by atoms with Gasteiger partial charge in [0, 0.05) is 11.1 Å². The summed E-state index contributed by atoms with van der Waals surface area (Å²) in [6, 6.07) is 3.60. The first-order chi connectivity index (χ1) is 9.61. The van der Waals surface area contributed by atoms with Crippen LogP contribution in [0.1, 0.15) is 55.9 Å². The van der Waals surface area contributed by atoms with Gasteiger partial charge in [0.25, 0.3) is 0 Å². The average molecular weight is 336 g/mol. The van der Waals surface area contributed by atoms with E-state index < -0.39 is 0 Å². The Balaban J connectivity index is 2.08. The van der Waals surface area contributed by atoms with E-state index in [4.69, 9.17) is 39.5 Å². The number of methoxy groups -OCH3 is 1. The van der Waals surface area contributed by atoms with Gasteiger partial charge in [0.2, 0.25) is 0 Å². The van der Waals surface area contributed by atoms with Gasteiger partial charge in [0.05, 0.1) is 17.5 Å². The Kier molecular flexibility index (Phi) is 6.32. The van der Waals surface area contributed by atoms with Crippen LogP contribution in [0.2, 0.25) is 10.0 Å². The van der Waals surface area contributed by atoms with Crippen molar-refractivity contribution in [2.75, 3.05) is 7.11 Å². The number of halogens is 3. The normalized spacial score (nSPS) is 18.6. The van der Waals surface area contributed by atoms with Gasteiger partial charge < -0.3 is 4.74 Å². The molecule has 0 heterocycles. The molecule has 4 heteroatoms. The second-order valence-corrected chi connectivity index (χ2v) is 6.91. The van der Waals surface area contributed by atoms with Crippen LogP contribution in [0.25, 0.3) is 0 Å². The summed E-state index contributed by atoms with van der Waals surface area (Å²) in [7, 11) is 1.58. The maximum Gasteiger partial charge on any atom is 0.138 e. The van der Waals surface area contributed by atoms with Crippen molar-refractivity contribution in [3.8, 4) is 5.75 Å². The first kappa shape index (κ1) is 16.3. The molecule has 0 aliphatic heterocycles. The third-order valence-corrected chi connectivity index (χ3v) is 5.16. The van der Waals surface area contributed by atoms with E-state index >= 15 is 0 Å². The smallest absolute Gasteiger partial charge is 0.138 e. The molecule has 0 spiro atoms. The highest BCUT2D eigenvalue weighted by Gasteiger charge is 2.21. The summed E-state index contributed by atoms with van der Waals surface area (Å²) in [5.41, 5.74) is 0.920. The minimum atomic E-state index is -0.0750. The maximum atomic E-state index is 6.58. The lowest BCUT2D eigenvalue weighted by atomic mass is 9.92. The number of benzene rings is 1. The van der Waals surface area contributed by atoms with Gasteiger partial charge in [-0.3, -0.25) is 0 Å². The van der Waals surface area contributed by atoms with E-state index in [9.17, 15) is 0 Å². The second-order valence-electron chi connectivity index (χ2n) is 5.57. The third kappa shape index (κ3) is 4.19. The predicted molar refractivity (Wildman–Crippen MR) is 87.4 cm³/mol. The van der Waals surface area contributed by atoms with E-state index in [1.807, 2.05) is 6.07 Å². The van der Waals surface area contributed by atoms with Crippen LogP contribution in [-0.2, 0) is 0 Å². The van der Waals surface area contributed by atoms with Crippen molar-refractivity contribution in [3.63, 3.8) is 0 Å². The first-order valence-electron chi connectivity index (χ1n) is 7.28. The molecule has 1 aliphatic rings. The number of hydrogen-bond acceptors (Lipinski definition) is 1. The van der Waals surface area contributed by atoms with E-state index in [0.717, 1.165) is 12.0 Å². The van der Waals surface area contributed by atoms with E-state index in [2.05, 4.69) is 0 Å². The molecular weight excluding hydrogens is 315 g/mol. The van der Waals surface area contributed by atoms with Crippen LogP contribution in [0.5, 0.6) is 5.75 Å². The first-order valence-corrected chi connectivity index (χ1v) is 8.48. The largest absolute Gasteiger partial charge is 0.495 e. The Morgan fingerprint density at radius 1 is 1.10 bits per heavy atom. The highest BCUT2D eigenvalue weighted by Crippen LogP contribution is 2.40. The van der Waals surface area contributed by atoms with E-state index in [1.54, 1.807) is 13.2 Å². The lowest BCUT2D eigenvalue weighted by molar-refractivity contribution is 0.413. The number of alkyl halides is 1. The van der Waals surface area contributed by atoms with Crippen LogP contribution in [-0.4, -0.2) is 7.11 Å². The second kappa shape index (κ2) is 7.77. The van der Waals surface area contributed by atoms with Gasteiger partial charge >= 0.3 is 0 Å². The lowest BCUT2D eigenvalue weighted by Crippen LogP contribution is -2.04. The third-order valence-electron chi connectivity index (χ3n) is 4.12. The van der Waals surface area contributed by atoms with Gasteiger partial charge in [-0.2, -0.15) is 0 Å². The van der Waals surface area contributed by atoms with Crippen LogP contribution in [0.4, 0.5) is 0 Å². The van der Waals surface area contributed by atoms with Crippen molar-refractivity contribution in [1.29, 1.82) is 0 Å². The lowest BCUT2D eigenvalue weighted by Gasteiger charge is -2.19. The Hall–Kier alpha value is -0.110. The minimum absolute atomic E-state index is 0.0750. The monoisotopic (exact) mass is 334 g/mol. The van der Waals surface area contributed by atoms with Crippen molar-refractivity contribution in [1.82, 2.24) is 0 Å². The average Bonchev–Trinajstić information content (AvgIpc) is 2.69. The summed E-state index contributed by atoms with van der Waals surface area (Å²) in [5.74, 6) is 1.30. The molecule has 1 fully saturated rings. The summed E-state index contributed by atoms with van der Waals surface area (Å²) < 4.78 is 5.17. The Morgan fingerprint density at radius 2 is 1.75 bits per heavy atom. The molecule has 1 nitrogen and oxygen atoms in total.